The number of carbonyl (C=O) groups is 1. The third kappa shape index (κ3) is 6.78. The first kappa shape index (κ1) is 27.7. The first-order valence-corrected chi connectivity index (χ1v) is 11.9. The predicted molar refractivity (Wildman–Crippen MR) is 137 cm³/mol. The van der Waals surface area contributed by atoms with E-state index in [1.165, 1.54) is 49.6 Å². The van der Waals surface area contributed by atoms with Crippen LogP contribution in [0.25, 0.3) is 12.2 Å². The smallest absolute Gasteiger partial charge is 0.338 e. The van der Waals surface area contributed by atoms with Crippen molar-refractivity contribution in [1.82, 2.24) is 0 Å². The van der Waals surface area contributed by atoms with E-state index in [-0.39, 0.29) is 34.3 Å². The van der Waals surface area contributed by atoms with Gasteiger partial charge in [-0.2, -0.15) is 0 Å². The molecular weight excluding hydrogens is 512 g/mol. The first-order chi connectivity index (χ1) is 18.6. The van der Waals surface area contributed by atoms with Crippen LogP contribution < -0.4 is 9.47 Å². The summed E-state index contributed by atoms with van der Waals surface area (Å²) in [6.07, 6.45) is -4.25. The van der Waals surface area contributed by atoms with Gasteiger partial charge < -0.3 is 49.6 Å². The lowest BCUT2D eigenvalue weighted by Gasteiger charge is -2.39. The number of phenolic OH excluding ortho intramolecular Hbond substituents is 3. The molecule has 0 saturated carbocycles. The maximum atomic E-state index is 12.5. The van der Waals surface area contributed by atoms with E-state index in [1.807, 2.05) is 0 Å². The second-order valence-electron chi connectivity index (χ2n) is 8.80. The van der Waals surface area contributed by atoms with Gasteiger partial charge in [0.2, 0.25) is 6.29 Å². The number of aromatic hydroxyl groups is 3. The zero-order chi connectivity index (χ0) is 28.1. The fourth-order valence-electron chi connectivity index (χ4n) is 3.88. The van der Waals surface area contributed by atoms with Crippen molar-refractivity contribution in [2.45, 2.75) is 30.7 Å². The second-order valence-corrected chi connectivity index (χ2v) is 8.80. The van der Waals surface area contributed by atoms with Crippen LogP contribution in [0.3, 0.4) is 0 Å². The van der Waals surface area contributed by atoms with Gasteiger partial charge in [0.05, 0.1) is 12.7 Å². The van der Waals surface area contributed by atoms with Gasteiger partial charge in [-0.3, -0.25) is 0 Å². The van der Waals surface area contributed by atoms with Crippen molar-refractivity contribution in [3.05, 3.63) is 77.4 Å². The molecule has 5 atom stereocenters. The number of benzene rings is 3. The average Bonchev–Trinajstić information content (AvgIpc) is 2.92. The average molecular weight is 541 g/mol. The molecule has 6 N–H and O–H groups in total. The number of carbonyl (C=O) groups excluding carboxylic acids is 1. The predicted octanol–water partition coefficient (Wildman–Crippen LogP) is 2.03. The Morgan fingerprint density at radius 1 is 0.846 bits per heavy atom. The van der Waals surface area contributed by atoms with E-state index >= 15 is 0 Å². The van der Waals surface area contributed by atoms with Crippen LogP contribution in [0.2, 0.25) is 0 Å². The lowest BCUT2D eigenvalue weighted by atomic mass is 9.99. The van der Waals surface area contributed by atoms with Crippen molar-refractivity contribution in [2.75, 3.05) is 13.7 Å². The molecule has 0 amide bonds. The van der Waals surface area contributed by atoms with Gasteiger partial charge in [0.15, 0.2) is 11.5 Å². The zero-order valence-corrected chi connectivity index (χ0v) is 20.7. The summed E-state index contributed by atoms with van der Waals surface area (Å²) in [6.45, 7) is -0.493. The van der Waals surface area contributed by atoms with Crippen LogP contribution in [0.1, 0.15) is 21.5 Å². The number of hydrogen-bond donors (Lipinski definition) is 6. The number of rotatable bonds is 8. The summed E-state index contributed by atoms with van der Waals surface area (Å²) < 4.78 is 21.5. The molecule has 3 aromatic rings. The third-order valence-electron chi connectivity index (χ3n) is 5.99. The third-order valence-corrected chi connectivity index (χ3v) is 5.99. The molecule has 11 heteroatoms. The first-order valence-electron chi connectivity index (χ1n) is 11.9. The summed E-state index contributed by atoms with van der Waals surface area (Å²) in [6, 6.07) is 14.6. The molecule has 0 radical (unpaired) electrons. The Morgan fingerprint density at radius 3 is 2.28 bits per heavy atom. The molecule has 0 spiro atoms. The van der Waals surface area contributed by atoms with Crippen LogP contribution in [-0.2, 0) is 9.47 Å². The molecule has 5 unspecified atom stereocenters. The summed E-state index contributed by atoms with van der Waals surface area (Å²) in [5.41, 5.74) is 1.40. The molecule has 3 aromatic carbocycles. The maximum absolute atomic E-state index is 12.5. The molecule has 1 aliphatic rings. The summed E-state index contributed by atoms with van der Waals surface area (Å²) in [5.74, 6) is -0.817. The molecule has 4 rings (SSSR count). The second kappa shape index (κ2) is 12.0. The molecule has 1 saturated heterocycles. The van der Waals surface area contributed by atoms with E-state index in [0.29, 0.717) is 5.56 Å². The highest BCUT2D eigenvalue weighted by Gasteiger charge is 2.45. The van der Waals surface area contributed by atoms with Crippen molar-refractivity contribution >= 4 is 18.1 Å². The SMILES string of the molecule is COc1cc(C(=O)OCC2OC(Oc3cc(O)cc(C=Cc4ccc(O)cc4)c3)C(O)C(O)C2O)ccc1O. The quantitative estimate of drug-likeness (QED) is 0.182. The highest BCUT2D eigenvalue weighted by atomic mass is 16.7. The normalized spacial score (nSPS) is 22.9. The van der Waals surface area contributed by atoms with Crippen molar-refractivity contribution in [3.63, 3.8) is 0 Å². The summed E-state index contributed by atoms with van der Waals surface area (Å²) >= 11 is 0. The molecule has 206 valence electrons. The fraction of sp³-hybridized carbons (Fsp3) is 0.250. The molecule has 0 bridgehead atoms. The molecule has 0 aliphatic carbocycles. The van der Waals surface area contributed by atoms with Crippen molar-refractivity contribution < 1.29 is 54.4 Å². The molecular formula is C28H28O11. The van der Waals surface area contributed by atoms with Gasteiger partial charge in [-0.05, 0) is 53.6 Å². The number of aliphatic hydroxyl groups is 3. The van der Waals surface area contributed by atoms with Crippen LogP contribution >= 0.6 is 0 Å². The lowest BCUT2D eigenvalue weighted by molar-refractivity contribution is -0.277. The highest BCUT2D eigenvalue weighted by molar-refractivity contribution is 5.90. The van der Waals surface area contributed by atoms with Crippen LogP contribution in [0.5, 0.6) is 28.7 Å². The Bertz CT molecular complexity index is 1320. The number of esters is 1. The number of methoxy groups -OCH3 is 1. The van der Waals surface area contributed by atoms with Gasteiger partial charge in [0.25, 0.3) is 0 Å². The number of aliphatic hydroxyl groups excluding tert-OH is 3. The fourth-order valence-corrected chi connectivity index (χ4v) is 3.88. The molecule has 0 aromatic heterocycles. The Kier molecular flexibility index (Phi) is 8.57. The van der Waals surface area contributed by atoms with E-state index in [1.54, 1.807) is 30.4 Å². The van der Waals surface area contributed by atoms with E-state index in [0.717, 1.165) is 5.56 Å². The van der Waals surface area contributed by atoms with Crippen molar-refractivity contribution in [1.29, 1.82) is 0 Å². The zero-order valence-electron chi connectivity index (χ0n) is 20.7. The number of phenols is 3. The number of ether oxygens (including phenoxy) is 4. The Morgan fingerprint density at radius 2 is 1.56 bits per heavy atom. The van der Waals surface area contributed by atoms with Crippen molar-refractivity contribution in [2.24, 2.45) is 0 Å². The Labute approximate surface area is 223 Å². The van der Waals surface area contributed by atoms with E-state index < -0.39 is 43.3 Å². The largest absolute Gasteiger partial charge is 0.508 e. The van der Waals surface area contributed by atoms with Crippen LogP contribution in [0.15, 0.2) is 60.7 Å². The van der Waals surface area contributed by atoms with Gasteiger partial charge in [0, 0.05) is 6.07 Å². The summed E-state index contributed by atoms with van der Waals surface area (Å²) in [7, 11) is 1.32. The maximum Gasteiger partial charge on any atom is 0.338 e. The minimum Gasteiger partial charge on any atom is -0.508 e. The van der Waals surface area contributed by atoms with Crippen LogP contribution in [-0.4, -0.2) is 81.0 Å². The topological polar surface area (TPSA) is 175 Å². The van der Waals surface area contributed by atoms with Gasteiger partial charge in [-0.25, -0.2) is 4.79 Å². The van der Waals surface area contributed by atoms with Crippen LogP contribution in [0, 0.1) is 0 Å². The molecule has 1 heterocycles. The highest BCUT2D eigenvalue weighted by Crippen LogP contribution is 2.30. The van der Waals surface area contributed by atoms with Gasteiger partial charge in [-0.15, -0.1) is 0 Å². The molecule has 39 heavy (non-hydrogen) atoms. The van der Waals surface area contributed by atoms with Gasteiger partial charge in [0.1, 0.15) is 48.3 Å². The number of hydrogen-bond acceptors (Lipinski definition) is 11. The molecule has 11 nitrogen and oxygen atoms in total. The summed E-state index contributed by atoms with van der Waals surface area (Å²) in [4.78, 5) is 12.5. The molecule has 1 aliphatic heterocycles. The standard InChI is InChI=1S/C28H28O11/c1-36-22-12-17(6-9-21(22)31)27(35)37-14-23-24(32)25(33)26(34)28(39-23)38-20-11-16(10-19(30)13-20)3-2-15-4-7-18(29)8-5-15/h2-13,23-26,28-34H,14H2,1H3. The van der Waals surface area contributed by atoms with E-state index in [4.69, 9.17) is 18.9 Å². The van der Waals surface area contributed by atoms with E-state index in [9.17, 15) is 35.4 Å². The summed E-state index contributed by atoms with van der Waals surface area (Å²) in [5, 5.41) is 60.4. The minimum absolute atomic E-state index is 0.0637. The molecule has 1 fully saturated rings. The lowest BCUT2D eigenvalue weighted by Crippen LogP contribution is -2.60. The Balaban J connectivity index is 1.44. The van der Waals surface area contributed by atoms with Gasteiger partial charge >= 0.3 is 5.97 Å². The Hall–Kier alpha value is -4.29. The van der Waals surface area contributed by atoms with Gasteiger partial charge in [-0.1, -0.05) is 24.3 Å². The van der Waals surface area contributed by atoms with E-state index in [2.05, 4.69) is 0 Å². The van der Waals surface area contributed by atoms with Crippen LogP contribution in [0.4, 0.5) is 0 Å². The monoisotopic (exact) mass is 540 g/mol. The van der Waals surface area contributed by atoms with Crippen molar-refractivity contribution in [3.8, 4) is 28.7 Å². The minimum atomic E-state index is -1.69.